The number of ether oxygens (including phenoxy) is 1. The molecule has 2 fully saturated rings. The number of guanidine groups is 1. The first-order valence-electron chi connectivity index (χ1n) is 8.30. The van der Waals surface area contributed by atoms with Crippen molar-refractivity contribution in [3.8, 4) is 5.75 Å². The summed E-state index contributed by atoms with van der Waals surface area (Å²) in [5.74, 6) is 1.82. The highest BCUT2D eigenvalue weighted by Gasteiger charge is 2.40. The van der Waals surface area contributed by atoms with Crippen LogP contribution in [0.15, 0.2) is 29.5 Å². The molecule has 1 saturated heterocycles. The van der Waals surface area contributed by atoms with E-state index in [-0.39, 0.29) is 24.0 Å². The Balaban J connectivity index is 0.00000192. The molecule has 0 amide bonds. The smallest absolute Gasteiger partial charge is 0.193 e. The summed E-state index contributed by atoms with van der Waals surface area (Å²) in [6.07, 6.45) is 10.4. The quantitative estimate of drug-likeness (QED) is 0.346. The SMILES string of the molecule is CN=C(NCCOc1cccnc1)N1CCC2(CCCC2)C1.I. The maximum atomic E-state index is 5.66. The van der Waals surface area contributed by atoms with Gasteiger partial charge >= 0.3 is 0 Å². The van der Waals surface area contributed by atoms with Gasteiger partial charge in [0.1, 0.15) is 12.4 Å². The normalized spacial score (nSPS) is 19.7. The number of likely N-dealkylation sites (tertiary alicyclic amines) is 1. The molecule has 0 atom stereocenters. The van der Waals surface area contributed by atoms with Crippen LogP contribution in [0.25, 0.3) is 0 Å². The van der Waals surface area contributed by atoms with Gasteiger partial charge in [-0.1, -0.05) is 12.8 Å². The van der Waals surface area contributed by atoms with Crippen molar-refractivity contribution in [2.75, 3.05) is 33.3 Å². The summed E-state index contributed by atoms with van der Waals surface area (Å²) >= 11 is 0. The largest absolute Gasteiger partial charge is 0.490 e. The minimum Gasteiger partial charge on any atom is -0.490 e. The van der Waals surface area contributed by atoms with Gasteiger partial charge in [-0.15, -0.1) is 24.0 Å². The van der Waals surface area contributed by atoms with Crippen LogP contribution >= 0.6 is 24.0 Å². The van der Waals surface area contributed by atoms with Crippen LogP contribution in [0, 0.1) is 5.41 Å². The molecule has 0 aromatic carbocycles. The van der Waals surface area contributed by atoms with E-state index < -0.39 is 0 Å². The number of halogens is 1. The maximum absolute atomic E-state index is 5.66. The first kappa shape index (κ1) is 18.3. The molecule has 1 spiro atoms. The Morgan fingerprint density at radius 2 is 2.22 bits per heavy atom. The lowest BCUT2D eigenvalue weighted by molar-refractivity contribution is 0.303. The standard InChI is InChI=1S/C17H26N4O.HI/c1-18-16(20-10-12-22-15-5-4-9-19-13-15)21-11-8-17(14-21)6-2-3-7-17;/h4-5,9,13H,2-3,6-8,10-12,14H2,1H3,(H,18,20);1H. The lowest BCUT2D eigenvalue weighted by Gasteiger charge is -2.25. The average molecular weight is 430 g/mol. The van der Waals surface area contributed by atoms with Crippen LogP contribution in [0.1, 0.15) is 32.1 Å². The van der Waals surface area contributed by atoms with Crippen molar-refractivity contribution >= 4 is 29.9 Å². The third-order valence-electron chi connectivity index (χ3n) is 4.90. The van der Waals surface area contributed by atoms with Gasteiger partial charge in [0.2, 0.25) is 0 Å². The second-order valence-corrected chi connectivity index (χ2v) is 6.39. The first-order valence-corrected chi connectivity index (χ1v) is 8.30. The lowest BCUT2D eigenvalue weighted by atomic mass is 9.86. The Morgan fingerprint density at radius 1 is 1.39 bits per heavy atom. The molecule has 0 radical (unpaired) electrons. The maximum Gasteiger partial charge on any atom is 0.193 e. The molecule has 5 nitrogen and oxygen atoms in total. The molecule has 3 rings (SSSR count). The van der Waals surface area contributed by atoms with Crippen molar-refractivity contribution in [1.29, 1.82) is 0 Å². The number of hydrogen-bond acceptors (Lipinski definition) is 3. The van der Waals surface area contributed by atoms with Crippen LogP contribution < -0.4 is 10.1 Å². The lowest BCUT2D eigenvalue weighted by Crippen LogP contribution is -2.42. The summed E-state index contributed by atoms with van der Waals surface area (Å²) < 4.78 is 5.66. The van der Waals surface area contributed by atoms with E-state index in [1.807, 2.05) is 19.2 Å². The Labute approximate surface area is 155 Å². The molecule has 1 aliphatic heterocycles. The molecule has 1 aromatic rings. The second kappa shape index (κ2) is 8.70. The number of rotatable bonds is 4. The fourth-order valence-electron chi connectivity index (χ4n) is 3.75. The van der Waals surface area contributed by atoms with Crippen molar-refractivity contribution in [3.63, 3.8) is 0 Å². The van der Waals surface area contributed by atoms with Crippen molar-refractivity contribution < 1.29 is 4.74 Å². The van der Waals surface area contributed by atoms with E-state index in [0.717, 1.165) is 31.3 Å². The van der Waals surface area contributed by atoms with Crippen LogP contribution in [-0.4, -0.2) is 49.1 Å². The molecule has 1 saturated carbocycles. The molecular weight excluding hydrogens is 403 g/mol. The van der Waals surface area contributed by atoms with Gasteiger partial charge in [-0.25, -0.2) is 0 Å². The molecule has 128 valence electrons. The van der Waals surface area contributed by atoms with Gasteiger partial charge in [-0.3, -0.25) is 9.98 Å². The van der Waals surface area contributed by atoms with E-state index in [4.69, 9.17) is 4.74 Å². The molecule has 0 unspecified atom stereocenters. The third kappa shape index (κ3) is 4.71. The highest BCUT2D eigenvalue weighted by molar-refractivity contribution is 14.0. The van der Waals surface area contributed by atoms with Gasteiger partial charge in [0.25, 0.3) is 0 Å². The minimum atomic E-state index is 0. The van der Waals surface area contributed by atoms with E-state index >= 15 is 0 Å². The average Bonchev–Trinajstić information content (AvgIpc) is 3.19. The van der Waals surface area contributed by atoms with Gasteiger partial charge in [-0.2, -0.15) is 0 Å². The molecule has 1 aliphatic carbocycles. The fraction of sp³-hybridized carbons (Fsp3) is 0.647. The summed E-state index contributed by atoms with van der Waals surface area (Å²) in [7, 11) is 1.87. The van der Waals surface area contributed by atoms with Gasteiger partial charge in [-0.05, 0) is 36.8 Å². The summed E-state index contributed by atoms with van der Waals surface area (Å²) in [5, 5.41) is 3.42. The highest BCUT2D eigenvalue weighted by Crippen LogP contribution is 2.45. The zero-order valence-corrected chi connectivity index (χ0v) is 16.2. The van der Waals surface area contributed by atoms with Crippen molar-refractivity contribution in [2.45, 2.75) is 32.1 Å². The highest BCUT2D eigenvalue weighted by atomic mass is 127. The predicted molar refractivity (Wildman–Crippen MR) is 104 cm³/mol. The van der Waals surface area contributed by atoms with Gasteiger partial charge in [0.15, 0.2) is 5.96 Å². The summed E-state index contributed by atoms with van der Waals surface area (Å²) in [6, 6.07) is 3.80. The molecule has 1 N–H and O–H groups in total. The first-order chi connectivity index (χ1) is 10.8. The molecule has 23 heavy (non-hydrogen) atoms. The fourth-order valence-corrected chi connectivity index (χ4v) is 3.75. The van der Waals surface area contributed by atoms with Gasteiger partial charge < -0.3 is 15.0 Å². The second-order valence-electron chi connectivity index (χ2n) is 6.39. The van der Waals surface area contributed by atoms with Gasteiger partial charge in [0, 0.05) is 26.3 Å². The summed E-state index contributed by atoms with van der Waals surface area (Å²) in [5.41, 5.74) is 0.573. The molecule has 0 bridgehead atoms. The Kier molecular flexibility index (Phi) is 6.92. The number of nitrogens with one attached hydrogen (secondary N) is 1. The van der Waals surface area contributed by atoms with E-state index in [1.165, 1.54) is 32.1 Å². The van der Waals surface area contributed by atoms with E-state index in [0.29, 0.717) is 12.0 Å². The van der Waals surface area contributed by atoms with Crippen molar-refractivity contribution in [1.82, 2.24) is 15.2 Å². The third-order valence-corrected chi connectivity index (χ3v) is 4.90. The van der Waals surface area contributed by atoms with Crippen molar-refractivity contribution in [2.24, 2.45) is 10.4 Å². The molecule has 6 heteroatoms. The number of pyridine rings is 1. The summed E-state index contributed by atoms with van der Waals surface area (Å²) in [6.45, 7) is 3.66. The molecular formula is C17H27IN4O. The summed E-state index contributed by atoms with van der Waals surface area (Å²) in [4.78, 5) is 10.9. The van der Waals surface area contributed by atoms with Crippen LogP contribution in [0.2, 0.25) is 0 Å². The zero-order valence-electron chi connectivity index (χ0n) is 13.8. The minimum absolute atomic E-state index is 0. The van der Waals surface area contributed by atoms with Crippen LogP contribution in [0.5, 0.6) is 5.75 Å². The molecule has 2 heterocycles. The number of aromatic nitrogens is 1. The van der Waals surface area contributed by atoms with Crippen molar-refractivity contribution in [3.05, 3.63) is 24.5 Å². The number of hydrogen-bond donors (Lipinski definition) is 1. The Hall–Kier alpha value is -1.05. The van der Waals surface area contributed by atoms with Crippen LogP contribution in [0.4, 0.5) is 0 Å². The Morgan fingerprint density at radius 3 is 2.91 bits per heavy atom. The molecule has 2 aliphatic rings. The van der Waals surface area contributed by atoms with E-state index in [1.54, 1.807) is 12.4 Å². The van der Waals surface area contributed by atoms with Crippen LogP contribution in [-0.2, 0) is 0 Å². The molecule has 1 aromatic heterocycles. The van der Waals surface area contributed by atoms with Crippen LogP contribution in [0.3, 0.4) is 0 Å². The zero-order chi connectivity index (χ0) is 15.3. The van der Waals surface area contributed by atoms with Gasteiger partial charge in [0.05, 0.1) is 12.7 Å². The monoisotopic (exact) mass is 430 g/mol. The van der Waals surface area contributed by atoms with E-state index in [2.05, 4.69) is 20.2 Å². The number of aliphatic imine (C=N–C) groups is 1. The topological polar surface area (TPSA) is 49.8 Å². The van der Waals surface area contributed by atoms with E-state index in [9.17, 15) is 0 Å². The number of nitrogens with zero attached hydrogens (tertiary/aromatic N) is 3. The Bertz CT molecular complexity index is 503. The predicted octanol–water partition coefficient (Wildman–Crippen LogP) is 2.92.